The standard InChI is InChI=1S/C26H23N3O4/c1-26(2,3)20-8-14-21(15-9-20)27-24(18-4-10-22(11-5-18)28(30)31)16-17-25(27)19-6-12-23(13-7-19)29(32)33/h4-17H,1-3H3. The van der Waals surface area contributed by atoms with Crippen LogP contribution < -0.4 is 0 Å². The SMILES string of the molecule is CC(C)(C)c1ccc(-n2c(-c3ccc([N+](=O)[O-])cc3)ccc2-c2ccc([N+](=O)[O-])cc2)cc1. The van der Waals surface area contributed by atoms with Crippen LogP contribution in [0.3, 0.4) is 0 Å². The van der Waals surface area contributed by atoms with Crippen LogP contribution >= 0.6 is 0 Å². The molecule has 0 N–H and O–H groups in total. The number of nitro benzene ring substituents is 2. The lowest BCUT2D eigenvalue weighted by Gasteiger charge is -2.20. The molecule has 0 amide bonds. The molecule has 0 unspecified atom stereocenters. The van der Waals surface area contributed by atoms with Crippen LogP contribution in [0.5, 0.6) is 0 Å². The van der Waals surface area contributed by atoms with E-state index in [2.05, 4.69) is 37.5 Å². The first kappa shape index (κ1) is 22.0. The van der Waals surface area contributed by atoms with Gasteiger partial charge in [0.1, 0.15) is 0 Å². The molecule has 33 heavy (non-hydrogen) atoms. The van der Waals surface area contributed by atoms with E-state index in [1.165, 1.54) is 29.8 Å². The Morgan fingerprint density at radius 2 is 1.00 bits per heavy atom. The van der Waals surface area contributed by atoms with Gasteiger partial charge in [-0.2, -0.15) is 0 Å². The average molecular weight is 441 g/mol. The van der Waals surface area contributed by atoms with Gasteiger partial charge in [-0.25, -0.2) is 0 Å². The highest BCUT2D eigenvalue weighted by atomic mass is 16.6. The summed E-state index contributed by atoms with van der Waals surface area (Å²) in [6, 6.07) is 25.0. The molecular weight excluding hydrogens is 418 g/mol. The molecule has 0 aliphatic rings. The van der Waals surface area contributed by atoms with Crippen molar-refractivity contribution in [3.05, 3.63) is 111 Å². The zero-order valence-electron chi connectivity index (χ0n) is 18.6. The molecule has 0 aliphatic carbocycles. The van der Waals surface area contributed by atoms with E-state index in [-0.39, 0.29) is 16.8 Å². The van der Waals surface area contributed by atoms with Crippen LogP contribution in [0.25, 0.3) is 28.2 Å². The molecular formula is C26H23N3O4. The van der Waals surface area contributed by atoms with Gasteiger partial charge in [0.05, 0.1) is 21.2 Å². The molecule has 0 aliphatic heterocycles. The van der Waals surface area contributed by atoms with E-state index in [9.17, 15) is 20.2 Å². The Morgan fingerprint density at radius 1 is 0.606 bits per heavy atom. The zero-order valence-corrected chi connectivity index (χ0v) is 18.6. The van der Waals surface area contributed by atoms with E-state index >= 15 is 0 Å². The Labute approximate surface area is 191 Å². The molecule has 0 saturated heterocycles. The Balaban J connectivity index is 1.87. The van der Waals surface area contributed by atoms with Gasteiger partial charge in [0.25, 0.3) is 11.4 Å². The van der Waals surface area contributed by atoms with Crippen molar-refractivity contribution >= 4 is 11.4 Å². The summed E-state index contributed by atoms with van der Waals surface area (Å²) in [6.07, 6.45) is 0. The molecule has 7 nitrogen and oxygen atoms in total. The fourth-order valence-electron chi connectivity index (χ4n) is 3.78. The molecule has 0 fully saturated rings. The fraction of sp³-hybridized carbons (Fsp3) is 0.154. The van der Waals surface area contributed by atoms with E-state index in [1.54, 1.807) is 24.3 Å². The maximum Gasteiger partial charge on any atom is 0.269 e. The van der Waals surface area contributed by atoms with Gasteiger partial charge in [0.2, 0.25) is 0 Å². The van der Waals surface area contributed by atoms with Gasteiger partial charge in [0.15, 0.2) is 0 Å². The van der Waals surface area contributed by atoms with E-state index in [4.69, 9.17) is 0 Å². The molecule has 1 heterocycles. The molecule has 166 valence electrons. The second-order valence-corrected chi connectivity index (χ2v) is 8.84. The van der Waals surface area contributed by atoms with E-state index < -0.39 is 9.85 Å². The maximum atomic E-state index is 11.1. The molecule has 0 spiro atoms. The first-order valence-electron chi connectivity index (χ1n) is 10.5. The molecule has 3 aromatic carbocycles. The van der Waals surface area contributed by atoms with Gasteiger partial charge in [-0.05, 0) is 70.6 Å². The highest BCUT2D eigenvalue weighted by Crippen LogP contribution is 2.34. The lowest BCUT2D eigenvalue weighted by molar-refractivity contribution is -0.385. The van der Waals surface area contributed by atoms with Crippen molar-refractivity contribution in [3.63, 3.8) is 0 Å². The van der Waals surface area contributed by atoms with Crippen molar-refractivity contribution in [2.45, 2.75) is 26.2 Å². The summed E-state index contributed by atoms with van der Waals surface area (Å²) < 4.78 is 2.06. The molecule has 7 heteroatoms. The van der Waals surface area contributed by atoms with E-state index in [1.807, 2.05) is 24.3 Å². The predicted octanol–water partition coefficient (Wildman–Crippen LogP) is 6.93. The number of non-ortho nitro benzene ring substituents is 2. The smallest absolute Gasteiger partial charge is 0.269 e. The molecule has 0 radical (unpaired) electrons. The van der Waals surface area contributed by atoms with Crippen molar-refractivity contribution in [2.24, 2.45) is 0 Å². The summed E-state index contributed by atoms with van der Waals surface area (Å²) in [7, 11) is 0. The summed E-state index contributed by atoms with van der Waals surface area (Å²) in [5, 5.41) is 22.1. The topological polar surface area (TPSA) is 91.2 Å². The molecule has 0 bridgehead atoms. The van der Waals surface area contributed by atoms with Crippen LogP contribution in [0, 0.1) is 20.2 Å². The van der Waals surface area contributed by atoms with Crippen molar-refractivity contribution in [2.75, 3.05) is 0 Å². The number of benzene rings is 3. The largest absolute Gasteiger partial charge is 0.309 e. The van der Waals surface area contributed by atoms with E-state index in [0.717, 1.165) is 28.2 Å². The second kappa shape index (κ2) is 8.35. The van der Waals surface area contributed by atoms with Crippen LogP contribution in [-0.4, -0.2) is 14.4 Å². The number of nitrogens with zero attached hydrogens (tertiary/aromatic N) is 3. The average Bonchev–Trinajstić information content (AvgIpc) is 3.24. The maximum absolute atomic E-state index is 11.1. The predicted molar refractivity (Wildman–Crippen MR) is 129 cm³/mol. The number of hydrogen-bond donors (Lipinski definition) is 0. The minimum Gasteiger partial charge on any atom is -0.309 e. The Morgan fingerprint density at radius 3 is 1.33 bits per heavy atom. The summed E-state index contributed by atoms with van der Waals surface area (Å²) in [5.41, 5.74) is 5.58. The Bertz CT molecular complexity index is 1240. The lowest BCUT2D eigenvalue weighted by Crippen LogP contribution is -2.11. The first-order chi connectivity index (χ1) is 15.6. The van der Waals surface area contributed by atoms with Crippen molar-refractivity contribution in [1.82, 2.24) is 4.57 Å². The van der Waals surface area contributed by atoms with Crippen LogP contribution in [0.2, 0.25) is 0 Å². The molecule has 0 saturated carbocycles. The number of hydrogen-bond acceptors (Lipinski definition) is 4. The Kier molecular flexibility index (Phi) is 5.55. The third-order valence-corrected chi connectivity index (χ3v) is 5.62. The van der Waals surface area contributed by atoms with Gasteiger partial charge in [-0.15, -0.1) is 0 Å². The van der Waals surface area contributed by atoms with Crippen LogP contribution in [-0.2, 0) is 5.41 Å². The third-order valence-electron chi connectivity index (χ3n) is 5.62. The first-order valence-corrected chi connectivity index (χ1v) is 10.5. The van der Waals surface area contributed by atoms with Crippen molar-refractivity contribution < 1.29 is 9.85 Å². The van der Waals surface area contributed by atoms with Gasteiger partial charge < -0.3 is 4.57 Å². The molecule has 4 aromatic rings. The summed E-state index contributed by atoms with van der Waals surface area (Å²) >= 11 is 0. The third kappa shape index (κ3) is 4.39. The van der Waals surface area contributed by atoms with E-state index in [0.29, 0.717) is 0 Å². The van der Waals surface area contributed by atoms with Crippen LogP contribution in [0.1, 0.15) is 26.3 Å². The Hall–Kier alpha value is -4.26. The second-order valence-electron chi connectivity index (χ2n) is 8.84. The zero-order chi connectivity index (χ0) is 23.8. The van der Waals surface area contributed by atoms with Gasteiger partial charge in [0, 0.05) is 30.0 Å². The summed E-state index contributed by atoms with van der Waals surface area (Å²) in [4.78, 5) is 21.3. The lowest BCUT2D eigenvalue weighted by atomic mass is 9.87. The minimum absolute atomic E-state index is 0.0115. The fourth-order valence-corrected chi connectivity index (χ4v) is 3.78. The van der Waals surface area contributed by atoms with Gasteiger partial charge >= 0.3 is 0 Å². The summed E-state index contributed by atoms with van der Waals surface area (Å²) in [5.74, 6) is 0. The highest BCUT2D eigenvalue weighted by Gasteiger charge is 2.18. The summed E-state index contributed by atoms with van der Waals surface area (Å²) in [6.45, 7) is 6.47. The highest BCUT2D eigenvalue weighted by molar-refractivity contribution is 5.74. The van der Waals surface area contributed by atoms with Crippen LogP contribution in [0.4, 0.5) is 11.4 Å². The van der Waals surface area contributed by atoms with Gasteiger partial charge in [-0.3, -0.25) is 20.2 Å². The number of nitro groups is 2. The monoisotopic (exact) mass is 441 g/mol. The van der Waals surface area contributed by atoms with Crippen molar-refractivity contribution in [1.29, 1.82) is 0 Å². The van der Waals surface area contributed by atoms with Crippen molar-refractivity contribution in [3.8, 4) is 28.2 Å². The van der Waals surface area contributed by atoms with Crippen LogP contribution in [0.15, 0.2) is 84.9 Å². The number of rotatable bonds is 5. The molecule has 1 aromatic heterocycles. The molecule has 4 rings (SSSR count). The van der Waals surface area contributed by atoms with Gasteiger partial charge in [-0.1, -0.05) is 32.9 Å². The number of aromatic nitrogens is 1. The minimum atomic E-state index is -0.420. The normalized spacial score (nSPS) is 11.4. The quantitative estimate of drug-likeness (QED) is 0.248. The molecule has 0 atom stereocenters.